The number of tetrazole rings is 1. The van der Waals surface area contributed by atoms with E-state index in [9.17, 15) is 8.42 Å². The molecular formula is C10H21N5O2S. The molecular weight excluding hydrogens is 254 g/mol. The van der Waals surface area contributed by atoms with Crippen molar-refractivity contribution in [2.45, 2.75) is 33.9 Å². The van der Waals surface area contributed by atoms with Gasteiger partial charge < -0.3 is 0 Å². The lowest BCUT2D eigenvalue weighted by Gasteiger charge is -2.16. The minimum Gasteiger partial charge on any atom is -0.296 e. The van der Waals surface area contributed by atoms with Crippen molar-refractivity contribution < 1.29 is 8.42 Å². The maximum absolute atomic E-state index is 11.4. The Hall–Kier alpha value is -1.02. The molecule has 1 rings (SSSR count). The van der Waals surface area contributed by atoms with Crippen LogP contribution in [0.4, 0.5) is 0 Å². The van der Waals surface area contributed by atoms with Crippen LogP contribution < -0.4 is 0 Å². The molecule has 0 radical (unpaired) electrons. The van der Waals surface area contributed by atoms with E-state index in [4.69, 9.17) is 0 Å². The van der Waals surface area contributed by atoms with Gasteiger partial charge in [-0.15, -0.1) is 5.10 Å². The molecule has 18 heavy (non-hydrogen) atoms. The van der Waals surface area contributed by atoms with Crippen LogP contribution in [-0.2, 0) is 22.9 Å². The van der Waals surface area contributed by atoms with E-state index in [0.717, 1.165) is 13.1 Å². The number of nitrogens with zero attached hydrogens (tertiary/aromatic N) is 5. The number of hydrogen-bond acceptors (Lipinski definition) is 6. The average Bonchev–Trinajstić information content (AvgIpc) is 2.81. The second kappa shape index (κ2) is 6.79. The van der Waals surface area contributed by atoms with Gasteiger partial charge in [-0.1, -0.05) is 20.8 Å². The predicted molar refractivity (Wildman–Crippen MR) is 68.8 cm³/mol. The van der Waals surface area contributed by atoms with Crippen molar-refractivity contribution in [3.8, 4) is 0 Å². The van der Waals surface area contributed by atoms with Crippen molar-refractivity contribution in [1.82, 2.24) is 25.1 Å². The van der Waals surface area contributed by atoms with Gasteiger partial charge in [-0.25, -0.2) is 13.1 Å². The fourth-order valence-electron chi connectivity index (χ4n) is 1.53. The molecule has 1 aromatic heterocycles. The summed E-state index contributed by atoms with van der Waals surface area (Å²) >= 11 is 0. The van der Waals surface area contributed by atoms with Gasteiger partial charge >= 0.3 is 0 Å². The minimum absolute atomic E-state index is 0.0831. The lowest BCUT2D eigenvalue weighted by atomic mass is 10.4. The van der Waals surface area contributed by atoms with Crippen LogP contribution in [-0.4, -0.2) is 58.1 Å². The number of hydrogen-bond donors (Lipinski definition) is 0. The highest BCUT2D eigenvalue weighted by Gasteiger charge is 2.13. The van der Waals surface area contributed by atoms with Crippen LogP contribution in [0.1, 0.15) is 26.6 Å². The zero-order valence-electron chi connectivity index (χ0n) is 11.2. The third kappa shape index (κ3) is 4.34. The van der Waals surface area contributed by atoms with Crippen LogP contribution in [0, 0.1) is 0 Å². The summed E-state index contributed by atoms with van der Waals surface area (Å²) in [4.78, 5) is 2.18. The smallest absolute Gasteiger partial charge is 0.165 e. The summed E-state index contributed by atoms with van der Waals surface area (Å²) in [6, 6.07) is 0. The molecule has 0 saturated heterocycles. The van der Waals surface area contributed by atoms with E-state index in [-0.39, 0.29) is 11.5 Å². The van der Waals surface area contributed by atoms with Gasteiger partial charge in [-0.05, 0) is 23.5 Å². The van der Waals surface area contributed by atoms with Crippen molar-refractivity contribution in [1.29, 1.82) is 0 Å². The summed E-state index contributed by atoms with van der Waals surface area (Å²) in [7, 11) is -2.98. The van der Waals surface area contributed by atoms with Crippen LogP contribution in [0.15, 0.2) is 0 Å². The summed E-state index contributed by atoms with van der Waals surface area (Å²) in [6.45, 7) is 8.57. The molecule has 0 unspecified atom stereocenters. The van der Waals surface area contributed by atoms with E-state index in [0.29, 0.717) is 18.9 Å². The highest BCUT2D eigenvalue weighted by molar-refractivity contribution is 7.91. The van der Waals surface area contributed by atoms with Crippen molar-refractivity contribution >= 4 is 9.84 Å². The largest absolute Gasteiger partial charge is 0.296 e. The predicted octanol–water partition coefficient (Wildman–Crippen LogP) is -0.0504. The molecule has 7 nitrogen and oxygen atoms in total. The number of aromatic nitrogens is 4. The highest BCUT2D eigenvalue weighted by atomic mass is 32.2. The Morgan fingerprint density at radius 2 is 1.89 bits per heavy atom. The first-order valence-corrected chi connectivity index (χ1v) is 8.02. The molecule has 0 aliphatic heterocycles. The topological polar surface area (TPSA) is 81.0 Å². The second-order valence-corrected chi connectivity index (χ2v) is 6.49. The highest BCUT2D eigenvalue weighted by Crippen LogP contribution is 2.01. The van der Waals surface area contributed by atoms with Gasteiger partial charge in [0.25, 0.3) is 0 Å². The Morgan fingerprint density at radius 3 is 2.44 bits per heavy atom. The molecule has 0 N–H and O–H groups in total. The third-order valence-electron chi connectivity index (χ3n) is 2.92. The second-order valence-electron chi connectivity index (χ2n) is 4.02. The Kier molecular flexibility index (Phi) is 5.67. The van der Waals surface area contributed by atoms with Crippen molar-refractivity contribution in [2.75, 3.05) is 24.6 Å². The summed E-state index contributed by atoms with van der Waals surface area (Å²) in [5, 5.41) is 11.4. The van der Waals surface area contributed by atoms with Gasteiger partial charge in [0.05, 0.1) is 18.8 Å². The number of rotatable bonds is 8. The zero-order chi connectivity index (χ0) is 13.6. The van der Waals surface area contributed by atoms with E-state index < -0.39 is 9.84 Å². The average molecular weight is 275 g/mol. The molecule has 8 heteroatoms. The first-order chi connectivity index (χ1) is 8.52. The minimum atomic E-state index is -2.98. The van der Waals surface area contributed by atoms with Crippen molar-refractivity contribution in [3.05, 3.63) is 5.82 Å². The molecule has 1 aromatic rings. The normalized spacial score (nSPS) is 12.2. The van der Waals surface area contributed by atoms with Gasteiger partial charge in [0.2, 0.25) is 0 Å². The fraction of sp³-hybridized carbons (Fsp3) is 0.900. The maximum Gasteiger partial charge on any atom is 0.165 e. The summed E-state index contributed by atoms with van der Waals surface area (Å²) in [6.07, 6.45) is 0. The van der Waals surface area contributed by atoms with Crippen molar-refractivity contribution in [3.63, 3.8) is 0 Å². The van der Waals surface area contributed by atoms with E-state index >= 15 is 0 Å². The molecule has 0 fully saturated rings. The fourth-order valence-corrected chi connectivity index (χ4v) is 2.27. The monoisotopic (exact) mass is 275 g/mol. The summed E-state index contributed by atoms with van der Waals surface area (Å²) in [5.74, 6) is 0.949. The van der Waals surface area contributed by atoms with Gasteiger partial charge in [-0.3, -0.25) is 4.90 Å². The van der Waals surface area contributed by atoms with Crippen LogP contribution >= 0.6 is 0 Å². The quantitative estimate of drug-likeness (QED) is 0.661. The lowest BCUT2D eigenvalue weighted by molar-refractivity contribution is 0.282. The van der Waals surface area contributed by atoms with Gasteiger partial charge in [-0.2, -0.15) is 0 Å². The van der Waals surface area contributed by atoms with Crippen LogP contribution in [0.25, 0.3) is 0 Å². The standard InChI is InChI=1S/C10H21N5O2S/c1-4-14(5-2)9-10-11-12-13-15(10)7-8-18(16,17)6-3/h4-9H2,1-3H3. The lowest BCUT2D eigenvalue weighted by Crippen LogP contribution is -2.25. The first-order valence-electron chi connectivity index (χ1n) is 6.20. The zero-order valence-corrected chi connectivity index (χ0v) is 12.0. The molecule has 1 heterocycles. The number of sulfone groups is 1. The molecule has 0 saturated carbocycles. The van der Waals surface area contributed by atoms with Crippen molar-refractivity contribution in [2.24, 2.45) is 0 Å². The molecule has 0 spiro atoms. The SMILES string of the molecule is CCN(CC)Cc1nnnn1CCS(=O)(=O)CC. The van der Waals surface area contributed by atoms with Gasteiger partial charge in [0.15, 0.2) is 15.7 Å². The van der Waals surface area contributed by atoms with Crippen LogP contribution in [0.5, 0.6) is 0 Å². The van der Waals surface area contributed by atoms with E-state index in [2.05, 4.69) is 34.3 Å². The van der Waals surface area contributed by atoms with Gasteiger partial charge in [0, 0.05) is 5.75 Å². The Balaban J connectivity index is 2.65. The van der Waals surface area contributed by atoms with E-state index in [1.54, 1.807) is 11.6 Å². The molecule has 0 atom stereocenters. The molecule has 0 aliphatic carbocycles. The third-order valence-corrected chi connectivity index (χ3v) is 4.60. The first kappa shape index (κ1) is 15.0. The molecule has 0 aromatic carbocycles. The Bertz CT molecular complexity index is 453. The summed E-state index contributed by atoms with van der Waals surface area (Å²) < 4.78 is 24.5. The maximum atomic E-state index is 11.4. The molecule has 0 aliphatic rings. The summed E-state index contributed by atoms with van der Waals surface area (Å²) in [5.41, 5.74) is 0. The van der Waals surface area contributed by atoms with Gasteiger partial charge in [0.1, 0.15) is 0 Å². The Labute approximate surface area is 108 Å². The van der Waals surface area contributed by atoms with Crippen LogP contribution in [0.3, 0.4) is 0 Å². The number of aryl methyl sites for hydroxylation is 1. The van der Waals surface area contributed by atoms with Crippen LogP contribution in [0.2, 0.25) is 0 Å². The van der Waals surface area contributed by atoms with E-state index in [1.807, 2.05) is 0 Å². The Morgan fingerprint density at radius 1 is 1.22 bits per heavy atom. The molecule has 104 valence electrons. The molecule has 0 bridgehead atoms. The molecule has 0 amide bonds. The van der Waals surface area contributed by atoms with E-state index in [1.165, 1.54) is 0 Å².